The summed E-state index contributed by atoms with van der Waals surface area (Å²) in [6.07, 6.45) is -1.44. The Balaban J connectivity index is 2.34. The molecule has 2 rings (SSSR count). The lowest BCUT2D eigenvalue weighted by Crippen LogP contribution is -2.44. The standard InChI is InChI=1S/C9H11ClF2N4/c10-7-6(8(11)12)9(15-5-14-7)16-3-1-13-2-4-16/h5,8,13H,1-4H2. The van der Waals surface area contributed by atoms with Crippen molar-refractivity contribution >= 4 is 17.4 Å². The van der Waals surface area contributed by atoms with Crippen LogP contribution < -0.4 is 10.2 Å². The van der Waals surface area contributed by atoms with E-state index in [1.807, 2.05) is 0 Å². The van der Waals surface area contributed by atoms with Gasteiger partial charge in [0.05, 0.1) is 5.56 Å². The Kier molecular flexibility index (Phi) is 3.50. The number of rotatable bonds is 2. The average Bonchev–Trinajstić information content (AvgIpc) is 2.29. The van der Waals surface area contributed by atoms with Crippen molar-refractivity contribution in [2.75, 3.05) is 31.1 Å². The lowest BCUT2D eigenvalue weighted by atomic mass is 10.2. The second kappa shape index (κ2) is 4.88. The van der Waals surface area contributed by atoms with Crippen LogP contribution in [0.3, 0.4) is 0 Å². The molecule has 0 atom stereocenters. The highest BCUT2D eigenvalue weighted by molar-refractivity contribution is 6.30. The van der Waals surface area contributed by atoms with E-state index in [1.165, 1.54) is 6.33 Å². The van der Waals surface area contributed by atoms with E-state index in [-0.39, 0.29) is 16.5 Å². The summed E-state index contributed by atoms with van der Waals surface area (Å²) in [6, 6.07) is 0. The van der Waals surface area contributed by atoms with Crippen LogP contribution in [0, 0.1) is 0 Å². The predicted molar refractivity (Wildman–Crippen MR) is 57.1 cm³/mol. The highest BCUT2D eigenvalue weighted by Crippen LogP contribution is 2.32. The van der Waals surface area contributed by atoms with E-state index in [4.69, 9.17) is 11.6 Å². The zero-order chi connectivity index (χ0) is 11.5. The fraction of sp³-hybridized carbons (Fsp3) is 0.556. The molecular weight excluding hydrogens is 238 g/mol. The molecule has 0 radical (unpaired) electrons. The lowest BCUT2D eigenvalue weighted by Gasteiger charge is -2.29. The zero-order valence-corrected chi connectivity index (χ0v) is 9.21. The molecule has 0 spiro atoms. The molecule has 16 heavy (non-hydrogen) atoms. The molecule has 0 bridgehead atoms. The monoisotopic (exact) mass is 248 g/mol. The van der Waals surface area contributed by atoms with Crippen molar-refractivity contribution in [2.45, 2.75) is 6.43 Å². The van der Waals surface area contributed by atoms with Gasteiger partial charge in [0.1, 0.15) is 17.3 Å². The van der Waals surface area contributed by atoms with Crippen molar-refractivity contribution in [1.82, 2.24) is 15.3 Å². The van der Waals surface area contributed by atoms with Crippen LogP contribution in [0.25, 0.3) is 0 Å². The van der Waals surface area contributed by atoms with Crippen LogP contribution in [0.2, 0.25) is 5.15 Å². The van der Waals surface area contributed by atoms with Crippen LogP contribution in [0.15, 0.2) is 6.33 Å². The summed E-state index contributed by atoms with van der Waals surface area (Å²) in [5.74, 6) is 0.247. The summed E-state index contributed by atoms with van der Waals surface area (Å²) in [6.45, 7) is 2.80. The third kappa shape index (κ3) is 2.22. The first kappa shape index (κ1) is 11.5. The molecule has 4 nitrogen and oxygen atoms in total. The maximum Gasteiger partial charge on any atom is 0.270 e. The van der Waals surface area contributed by atoms with Crippen molar-refractivity contribution < 1.29 is 8.78 Å². The summed E-state index contributed by atoms with van der Waals surface area (Å²) in [7, 11) is 0. The van der Waals surface area contributed by atoms with Gasteiger partial charge in [-0.15, -0.1) is 0 Å². The summed E-state index contributed by atoms with van der Waals surface area (Å²) in [5.41, 5.74) is -0.272. The minimum Gasteiger partial charge on any atom is -0.354 e. The highest BCUT2D eigenvalue weighted by Gasteiger charge is 2.24. The lowest BCUT2D eigenvalue weighted by molar-refractivity contribution is 0.151. The van der Waals surface area contributed by atoms with Crippen LogP contribution in [-0.4, -0.2) is 36.1 Å². The molecule has 1 fully saturated rings. The van der Waals surface area contributed by atoms with Crippen LogP contribution in [0.4, 0.5) is 14.6 Å². The number of halogens is 3. The molecule has 1 aromatic rings. The molecule has 0 aromatic carbocycles. The van der Waals surface area contributed by atoms with Crippen molar-refractivity contribution in [2.24, 2.45) is 0 Å². The molecule has 7 heteroatoms. The third-order valence-corrected chi connectivity index (χ3v) is 2.75. The van der Waals surface area contributed by atoms with Gasteiger partial charge in [-0.2, -0.15) is 0 Å². The summed E-state index contributed by atoms with van der Waals surface area (Å²) < 4.78 is 25.7. The molecule has 2 heterocycles. The van der Waals surface area contributed by atoms with Crippen LogP contribution in [0.1, 0.15) is 12.0 Å². The fourth-order valence-electron chi connectivity index (χ4n) is 1.68. The fourth-order valence-corrected chi connectivity index (χ4v) is 1.89. The predicted octanol–water partition coefficient (Wildman–Crippen LogP) is 1.48. The van der Waals surface area contributed by atoms with Crippen molar-refractivity contribution in [1.29, 1.82) is 0 Å². The second-order valence-corrected chi connectivity index (χ2v) is 3.80. The quantitative estimate of drug-likeness (QED) is 0.805. The maximum atomic E-state index is 12.8. The van der Waals surface area contributed by atoms with Crippen molar-refractivity contribution in [3.05, 3.63) is 17.0 Å². The Morgan fingerprint density at radius 1 is 1.31 bits per heavy atom. The van der Waals surface area contributed by atoms with Gasteiger partial charge in [0.25, 0.3) is 6.43 Å². The molecular formula is C9H11ClF2N4. The molecule has 1 aliphatic rings. The first-order chi connectivity index (χ1) is 7.70. The van der Waals surface area contributed by atoms with E-state index in [9.17, 15) is 8.78 Å². The Morgan fingerprint density at radius 3 is 2.62 bits per heavy atom. The number of piperazine rings is 1. The van der Waals surface area contributed by atoms with Gasteiger partial charge in [-0.05, 0) is 0 Å². The maximum absolute atomic E-state index is 12.8. The van der Waals surface area contributed by atoms with Gasteiger partial charge >= 0.3 is 0 Å². The van der Waals surface area contributed by atoms with Gasteiger partial charge in [0.15, 0.2) is 0 Å². The number of alkyl halides is 2. The van der Waals surface area contributed by atoms with E-state index in [0.717, 1.165) is 13.1 Å². The van der Waals surface area contributed by atoms with Gasteiger partial charge in [-0.1, -0.05) is 11.6 Å². The Bertz CT molecular complexity index is 369. The topological polar surface area (TPSA) is 41.1 Å². The first-order valence-corrected chi connectivity index (χ1v) is 5.32. The van der Waals surface area contributed by atoms with Crippen LogP contribution in [0.5, 0.6) is 0 Å². The summed E-state index contributed by atoms with van der Waals surface area (Å²) in [4.78, 5) is 9.29. The number of nitrogens with zero attached hydrogens (tertiary/aromatic N) is 3. The second-order valence-electron chi connectivity index (χ2n) is 3.44. The molecule has 0 saturated carbocycles. The Morgan fingerprint density at radius 2 is 2.00 bits per heavy atom. The van der Waals surface area contributed by atoms with E-state index < -0.39 is 6.43 Å². The molecule has 1 aromatic heterocycles. The first-order valence-electron chi connectivity index (χ1n) is 4.94. The summed E-state index contributed by atoms with van der Waals surface area (Å²) >= 11 is 5.67. The van der Waals surface area contributed by atoms with E-state index >= 15 is 0 Å². The average molecular weight is 249 g/mol. The third-order valence-electron chi connectivity index (χ3n) is 2.45. The van der Waals surface area contributed by atoms with Gasteiger partial charge < -0.3 is 10.2 Å². The molecule has 88 valence electrons. The van der Waals surface area contributed by atoms with E-state index in [0.29, 0.717) is 13.1 Å². The largest absolute Gasteiger partial charge is 0.354 e. The highest BCUT2D eigenvalue weighted by atomic mass is 35.5. The van der Waals surface area contributed by atoms with Gasteiger partial charge in [-0.25, -0.2) is 18.7 Å². The number of hydrogen-bond donors (Lipinski definition) is 1. The minimum atomic E-state index is -2.65. The number of aromatic nitrogens is 2. The van der Waals surface area contributed by atoms with Gasteiger partial charge in [0.2, 0.25) is 0 Å². The van der Waals surface area contributed by atoms with Crippen LogP contribution >= 0.6 is 11.6 Å². The Labute approximate surface area is 96.6 Å². The van der Waals surface area contributed by atoms with Crippen LogP contribution in [-0.2, 0) is 0 Å². The van der Waals surface area contributed by atoms with Crippen molar-refractivity contribution in [3.63, 3.8) is 0 Å². The van der Waals surface area contributed by atoms with E-state index in [1.54, 1.807) is 4.90 Å². The molecule has 0 unspecified atom stereocenters. The molecule has 0 aliphatic carbocycles. The van der Waals surface area contributed by atoms with Gasteiger partial charge in [0, 0.05) is 26.2 Å². The number of nitrogens with one attached hydrogen (secondary N) is 1. The number of anilines is 1. The molecule has 1 N–H and O–H groups in total. The van der Waals surface area contributed by atoms with Gasteiger partial charge in [-0.3, -0.25) is 0 Å². The number of hydrogen-bond acceptors (Lipinski definition) is 4. The SMILES string of the molecule is FC(F)c1c(Cl)ncnc1N1CCNCC1. The zero-order valence-electron chi connectivity index (χ0n) is 8.46. The van der Waals surface area contributed by atoms with E-state index in [2.05, 4.69) is 15.3 Å². The molecule has 1 saturated heterocycles. The Hall–Kier alpha value is -1.01. The minimum absolute atomic E-state index is 0.168. The molecule has 0 amide bonds. The van der Waals surface area contributed by atoms with Crippen molar-refractivity contribution in [3.8, 4) is 0 Å². The summed E-state index contributed by atoms with van der Waals surface area (Å²) in [5, 5.41) is 2.97. The smallest absolute Gasteiger partial charge is 0.270 e. The normalized spacial score (nSPS) is 16.9. The molecule has 1 aliphatic heterocycles.